The largest absolute Gasteiger partial charge is 0.378 e. The lowest BCUT2D eigenvalue weighted by atomic mass is 9.75. The van der Waals surface area contributed by atoms with Gasteiger partial charge in [0, 0.05) is 41.5 Å². The maximum atomic E-state index is 13.4. The van der Waals surface area contributed by atoms with Gasteiger partial charge in [0.25, 0.3) is 0 Å². The molecule has 2 aliphatic carbocycles. The third kappa shape index (κ3) is 3.98. The number of aromatic nitrogens is 1. The second-order valence-corrected chi connectivity index (χ2v) is 13.4. The van der Waals surface area contributed by atoms with Gasteiger partial charge in [-0.3, -0.25) is 14.2 Å². The molecular weight excluding hydrogens is 510 g/mol. The fraction of sp³-hybridized carbons (Fsp3) is 0.355. The summed E-state index contributed by atoms with van der Waals surface area (Å²) >= 11 is 3.23. The normalized spacial score (nSPS) is 25.3. The number of nitrogens with one attached hydrogen (secondary N) is 1. The third-order valence-corrected chi connectivity index (χ3v) is 11.6. The minimum atomic E-state index is -0.162. The van der Waals surface area contributed by atoms with E-state index in [2.05, 4.69) is 54.6 Å². The molecule has 7 rings (SSSR count). The van der Waals surface area contributed by atoms with E-state index in [1.54, 1.807) is 4.57 Å². The van der Waals surface area contributed by atoms with Gasteiger partial charge < -0.3 is 10.2 Å². The smallest absolute Gasteiger partial charge is 0.308 e. The lowest BCUT2D eigenvalue weighted by Gasteiger charge is -2.40. The molecule has 4 aromatic rings. The zero-order valence-electron chi connectivity index (χ0n) is 21.6. The van der Waals surface area contributed by atoms with Crippen LogP contribution in [-0.2, 0) is 11.3 Å². The van der Waals surface area contributed by atoms with E-state index in [1.807, 2.05) is 48.2 Å². The Kier molecular flexibility index (Phi) is 5.89. The summed E-state index contributed by atoms with van der Waals surface area (Å²) in [5.74, 6) is 2.07. The first kappa shape index (κ1) is 24.0. The topological polar surface area (TPSA) is 54.3 Å². The minimum Gasteiger partial charge on any atom is -0.378 e. The maximum absolute atomic E-state index is 13.4. The molecule has 2 bridgehead atoms. The van der Waals surface area contributed by atoms with Gasteiger partial charge in [-0.2, -0.15) is 0 Å². The van der Waals surface area contributed by atoms with Crippen LogP contribution in [-0.4, -0.2) is 29.8 Å². The van der Waals surface area contributed by atoms with Crippen LogP contribution < -0.4 is 15.1 Å². The standard InChI is InChI=1S/C31H31N3O2S2/c1-33(2)24-13-10-19(11-14-24)26-27-21-7-8-22(15-21)28(27)37-30-29(26)38-31(36)34(30)17-25(35)32-23-12-9-18-5-3-4-6-20(18)16-23/h3-6,9-14,16,21-22,26-28H,7-8,15,17H2,1-2H3,(H,32,35)/t21?,22?,26-,27?,28?/m1/s1. The maximum Gasteiger partial charge on any atom is 0.308 e. The molecule has 3 aromatic carbocycles. The summed E-state index contributed by atoms with van der Waals surface area (Å²) in [5.41, 5.74) is 3.24. The monoisotopic (exact) mass is 541 g/mol. The molecule has 4 unspecified atom stereocenters. The van der Waals surface area contributed by atoms with Crippen LogP contribution in [0.1, 0.15) is 35.6 Å². The number of hydrogen-bond acceptors (Lipinski definition) is 5. The lowest BCUT2D eigenvalue weighted by molar-refractivity contribution is -0.116. The minimum absolute atomic E-state index is 0.0293. The number of fused-ring (bicyclic) bond motifs is 7. The molecule has 38 heavy (non-hydrogen) atoms. The van der Waals surface area contributed by atoms with Crippen molar-refractivity contribution in [3.8, 4) is 0 Å². The Bertz CT molecular complexity index is 1590. The van der Waals surface area contributed by atoms with Crippen molar-refractivity contribution < 1.29 is 4.79 Å². The molecule has 1 N–H and O–H groups in total. The van der Waals surface area contributed by atoms with E-state index in [-0.39, 0.29) is 23.2 Å². The predicted molar refractivity (Wildman–Crippen MR) is 158 cm³/mol. The summed E-state index contributed by atoms with van der Waals surface area (Å²) < 4.78 is 1.74. The molecule has 1 aliphatic heterocycles. The Labute approximate surface area is 230 Å². The number of nitrogens with zero attached hydrogens (tertiary/aromatic N) is 2. The number of anilines is 2. The van der Waals surface area contributed by atoms with Gasteiger partial charge in [0.2, 0.25) is 5.91 Å². The number of amides is 1. The highest BCUT2D eigenvalue weighted by Crippen LogP contribution is 2.64. The van der Waals surface area contributed by atoms with Crippen molar-refractivity contribution in [2.45, 2.75) is 42.0 Å². The van der Waals surface area contributed by atoms with E-state index in [1.165, 1.54) is 41.9 Å². The molecule has 0 saturated heterocycles. The van der Waals surface area contributed by atoms with Gasteiger partial charge in [0.1, 0.15) is 6.54 Å². The van der Waals surface area contributed by atoms with Gasteiger partial charge >= 0.3 is 4.87 Å². The molecule has 2 heterocycles. The third-order valence-electron chi connectivity index (χ3n) is 8.79. The Morgan fingerprint density at radius 1 is 1.00 bits per heavy atom. The summed E-state index contributed by atoms with van der Waals surface area (Å²) in [6, 6.07) is 22.9. The van der Waals surface area contributed by atoms with E-state index >= 15 is 0 Å². The SMILES string of the molecule is CN(C)c1ccc([C@H]2c3sc(=O)n(CC(=O)Nc4ccc5ccccc5c4)c3SC3C4CCC(C4)C32)cc1. The lowest BCUT2D eigenvalue weighted by Crippen LogP contribution is -2.34. The molecule has 0 spiro atoms. The number of thioether (sulfide) groups is 1. The first-order valence-electron chi connectivity index (χ1n) is 13.4. The van der Waals surface area contributed by atoms with E-state index in [0.29, 0.717) is 17.1 Å². The van der Waals surface area contributed by atoms with Gasteiger partial charge in [-0.05, 0) is 77.6 Å². The molecule has 2 saturated carbocycles. The molecule has 7 heteroatoms. The van der Waals surface area contributed by atoms with E-state index < -0.39 is 0 Å². The Hall–Kier alpha value is -3.03. The van der Waals surface area contributed by atoms with Gasteiger partial charge in [-0.25, -0.2) is 0 Å². The molecule has 0 radical (unpaired) electrons. The van der Waals surface area contributed by atoms with Crippen molar-refractivity contribution in [1.29, 1.82) is 0 Å². The van der Waals surface area contributed by atoms with Crippen molar-refractivity contribution in [3.05, 3.63) is 86.8 Å². The summed E-state index contributed by atoms with van der Waals surface area (Å²) in [7, 11) is 4.12. The van der Waals surface area contributed by atoms with E-state index in [0.717, 1.165) is 32.3 Å². The molecule has 1 amide bonds. The highest BCUT2D eigenvalue weighted by Gasteiger charge is 2.55. The van der Waals surface area contributed by atoms with Crippen molar-refractivity contribution in [2.24, 2.45) is 17.8 Å². The van der Waals surface area contributed by atoms with Crippen LogP contribution in [0.4, 0.5) is 11.4 Å². The van der Waals surface area contributed by atoms with Crippen LogP contribution in [0.3, 0.4) is 0 Å². The second kappa shape index (κ2) is 9.31. The number of carbonyl (C=O) groups excluding carboxylic acids is 1. The van der Waals surface area contributed by atoms with Crippen molar-refractivity contribution >= 4 is 51.2 Å². The Morgan fingerprint density at radius 3 is 2.55 bits per heavy atom. The van der Waals surface area contributed by atoms with E-state index in [9.17, 15) is 9.59 Å². The van der Waals surface area contributed by atoms with Crippen molar-refractivity contribution in [3.63, 3.8) is 0 Å². The van der Waals surface area contributed by atoms with Crippen LogP contribution in [0, 0.1) is 17.8 Å². The number of benzene rings is 3. The summed E-state index contributed by atoms with van der Waals surface area (Å²) in [6.07, 6.45) is 3.89. The van der Waals surface area contributed by atoms with Crippen LogP contribution in [0.15, 0.2) is 76.6 Å². The van der Waals surface area contributed by atoms with Crippen LogP contribution in [0.5, 0.6) is 0 Å². The molecule has 5 atom stereocenters. The highest BCUT2D eigenvalue weighted by atomic mass is 32.2. The fourth-order valence-corrected chi connectivity index (χ4v) is 10.2. The van der Waals surface area contributed by atoms with Gasteiger partial charge in [-0.15, -0.1) is 11.8 Å². The number of rotatable bonds is 5. The Morgan fingerprint density at radius 2 is 1.76 bits per heavy atom. The molecule has 3 aliphatic rings. The number of carbonyl (C=O) groups is 1. The number of hydrogen-bond donors (Lipinski definition) is 1. The van der Waals surface area contributed by atoms with Crippen LogP contribution in [0.2, 0.25) is 0 Å². The van der Waals surface area contributed by atoms with Crippen LogP contribution >= 0.6 is 23.1 Å². The highest BCUT2D eigenvalue weighted by molar-refractivity contribution is 8.00. The van der Waals surface area contributed by atoms with Crippen molar-refractivity contribution in [1.82, 2.24) is 4.57 Å². The molecule has 1 aromatic heterocycles. The first-order valence-corrected chi connectivity index (χ1v) is 15.1. The summed E-state index contributed by atoms with van der Waals surface area (Å²) in [5, 5.41) is 6.78. The van der Waals surface area contributed by atoms with Gasteiger partial charge in [0.15, 0.2) is 0 Å². The quantitative estimate of drug-likeness (QED) is 0.317. The Balaban J connectivity index is 1.22. The fourth-order valence-electron chi connectivity index (χ4n) is 7.05. The second-order valence-electron chi connectivity index (χ2n) is 11.2. The average molecular weight is 542 g/mol. The molecule has 2 fully saturated rings. The molecule has 194 valence electrons. The number of thiazole rings is 1. The average Bonchev–Trinajstić information content (AvgIpc) is 3.62. The molecular formula is C31H31N3O2S2. The summed E-state index contributed by atoms with van der Waals surface area (Å²) in [6.45, 7) is 0.0439. The summed E-state index contributed by atoms with van der Waals surface area (Å²) in [4.78, 5) is 29.8. The predicted octanol–water partition coefficient (Wildman–Crippen LogP) is 6.42. The van der Waals surface area contributed by atoms with Crippen LogP contribution in [0.25, 0.3) is 10.8 Å². The molecule has 5 nitrogen and oxygen atoms in total. The van der Waals surface area contributed by atoms with Gasteiger partial charge in [0.05, 0.1) is 5.03 Å². The zero-order valence-corrected chi connectivity index (χ0v) is 23.2. The zero-order chi connectivity index (χ0) is 26.0. The van der Waals surface area contributed by atoms with E-state index in [4.69, 9.17) is 0 Å². The van der Waals surface area contributed by atoms with Crippen molar-refractivity contribution in [2.75, 3.05) is 24.3 Å². The first-order chi connectivity index (χ1) is 18.5. The van der Waals surface area contributed by atoms with Gasteiger partial charge in [-0.1, -0.05) is 53.8 Å².